The van der Waals surface area contributed by atoms with Crippen molar-refractivity contribution >= 4 is 34.8 Å². The number of carbonyl (C=O) groups is 2. The second-order valence-electron chi connectivity index (χ2n) is 2.48. The van der Waals surface area contributed by atoms with E-state index in [-0.39, 0.29) is 16.7 Å². The molecule has 1 aromatic carbocycles. The van der Waals surface area contributed by atoms with Crippen LogP contribution in [0.25, 0.3) is 0 Å². The van der Waals surface area contributed by atoms with Gasteiger partial charge >= 0.3 is 0 Å². The van der Waals surface area contributed by atoms with Crippen LogP contribution in [0.5, 0.6) is 0 Å². The number of hydrogen-bond acceptors (Lipinski definition) is 3. The van der Waals surface area contributed by atoms with Gasteiger partial charge in [0.05, 0.1) is 17.2 Å². The third kappa shape index (κ3) is 1.75. The number of amides is 1. The summed E-state index contributed by atoms with van der Waals surface area (Å²) in [4.78, 5) is 21.6. The minimum atomic E-state index is -0.609. The van der Waals surface area contributed by atoms with Crippen molar-refractivity contribution in [1.29, 1.82) is 5.26 Å². The molecule has 0 unspecified atom stereocenters. The summed E-state index contributed by atoms with van der Waals surface area (Å²) in [6.07, 6.45) is 0.548. The second kappa shape index (κ2) is 4.19. The number of hydrogen-bond donors (Lipinski definition) is 1. The van der Waals surface area contributed by atoms with Crippen molar-refractivity contribution in [1.82, 2.24) is 0 Å². The first-order chi connectivity index (χ1) is 6.61. The molecular formula is C9H5IN2O2. The molecule has 0 aliphatic carbocycles. The molecule has 5 heteroatoms. The fraction of sp³-hybridized carbons (Fsp3) is 0. The van der Waals surface area contributed by atoms with Gasteiger partial charge in [0, 0.05) is 9.13 Å². The number of carbonyl (C=O) groups excluding carboxylic acids is 2. The zero-order valence-electron chi connectivity index (χ0n) is 6.95. The van der Waals surface area contributed by atoms with Gasteiger partial charge in [-0.15, -0.1) is 0 Å². The summed E-state index contributed by atoms with van der Waals surface area (Å²) in [6, 6.07) is 4.71. The molecule has 0 saturated carbocycles. The molecule has 0 fully saturated rings. The predicted molar refractivity (Wildman–Crippen MR) is 57.8 cm³/mol. The van der Waals surface area contributed by atoms with E-state index in [9.17, 15) is 9.59 Å². The van der Waals surface area contributed by atoms with Gasteiger partial charge in [-0.1, -0.05) is 0 Å². The summed E-state index contributed by atoms with van der Waals surface area (Å²) in [6.45, 7) is 0. The highest BCUT2D eigenvalue weighted by molar-refractivity contribution is 14.1. The average Bonchev–Trinajstić information content (AvgIpc) is 2.16. The minimum Gasteiger partial charge on any atom is -0.366 e. The number of halogens is 1. The van der Waals surface area contributed by atoms with E-state index in [1.54, 1.807) is 0 Å². The Hall–Kier alpha value is -1.42. The summed E-state index contributed by atoms with van der Waals surface area (Å²) < 4.78 is 0.421. The standard InChI is InChI=1S/C9H5IN2O2/c10-8-6(9(12)14)2-1-5(3-11)7(8)4-13/h1-2,4H,(H2,12,14). The van der Waals surface area contributed by atoms with E-state index in [0.29, 0.717) is 9.86 Å². The maximum atomic E-state index is 10.9. The maximum Gasteiger partial charge on any atom is 0.249 e. The lowest BCUT2D eigenvalue weighted by atomic mass is 10.1. The highest BCUT2D eigenvalue weighted by Gasteiger charge is 2.13. The third-order valence-corrected chi connectivity index (χ3v) is 2.85. The normalized spacial score (nSPS) is 9.14. The van der Waals surface area contributed by atoms with Crippen LogP contribution < -0.4 is 5.73 Å². The van der Waals surface area contributed by atoms with Crippen molar-refractivity contribution in [2.45, 2.75) is 0 Å². The third-order valence-electron chi connectivity index (χ3n) is 1.68. The first-order valence-corrected chi connectivity index (χ1v) is 4.67. The van der Waals surface area contributed by atoms with Crippen LogP contribution in [-0.4, -0.2) is 12.2 Å². The Morgan fingerprint density at radius 1 is 1.57 bits per heavy atom. The van der Waals surface area contributed by atoms with Gasteiger partial charge in [0.15, 0.2) is 6.29 Å². The summed E-state index contributed by atoms with van der Waals surface area (Å²) in [7, 11) is 0. The van der Waals surface area contributed by atoms with Gasteiger partial charge in [-0.25, -0.2) is 0 Å². The second-order valence-corrected chi connectivity index (χ2v) is 3.56. The molecular weight excluding hydrogens is 295 g/mol. The van der Waals surface area contributed by atoms with E-state index in [0.717, 1.165) is 0 Å². The Morgan fingerprint density at radius 3 is 2.64 bits per heavy atom. The lowest BCUT2D eigenvalue weighted by molar-refractivity contribution is 0.0999. The number of aldehydes is 1. The fourth-order valence-corrected chi connectivity index (χ4v) is 1.86. The van der Waals surface area contributed by atoms with Gasteiger partial charge in [-0.05, 0) is 34.7 Å². The monoisotopic (exact) mass is 300 g/mol. The van der Waals surface area contributed by atoms with Crippen molar-refractivity contribution in [3.05, 3.63) is 32.4 Å². The van der Waals surface area contributed by atoms with E-state index < -0.39 is 5.91 Å². The van der Waals surface area contributed by atoms with Crippen LogP contribution in [0, 0.1) is 14.9 Å². The molecule has 0 aliphatic rings. The van der Waals surface area contributed by atoms with Crippen LogP contribution in [0.2, 0.25) is 0 Å². The average molecular weight is 300 g/mol. The van der Waals surface area contributed by atoms with Crippen LogP contribution in [0.3, 0.4) is 0 Å². The zero-order chi connectivity index (χ0) is 10.7. The summed E-state index contributed by atoms with van der Waals surface area (Å²) in [5.74, 6) is -0.609. The number of rotatable bonds is 2. The lowest BCUT2D eigenvalue weighted by Gasteiger charge is -2.03. The van der Waals surface area contributed by atoms with Gasteiger partial charge < -0.3 is 5.73 Å². The topological polar surface area (TPSA) is 83.9 Å². The Labute approximate surface area is 93.8 Å². The molecule has 2 N–H and O–H groups in total. The van der Waals surface area contributed by atoms with Crippen molar-refractivity contribution in [3.8, 4) is 6.07 Å². The number of nitrogens with zero attached hydrogens (tertiary/aromatic N) is 1. The van der Waals surface area contributed by atoms with Crippen molar-refractivity contribution in [3.63, 3.8) is 0 Å². The molecule has 0 spiro atoms. The molecule has 0 radical (unpaired) electrons. The van der Waals surface area contributed by atoms with Crippen molar-refractivity contribution in [2.75, 3.05) is 0 Å². The molecule has 0 atom stereocenters. The predicted octanol–water partition coefficient (Wildman–Crippen LogP) is 1.07. The maximum absolute atomic E-state index is 10.9. The Balaban J connectivity index is 3.52. The minimum absolute atomic E-state index is 0.212. The fourth-order valence-electron chi connectivity index (χ4n) is 0.996. The Bertz CT molecular complexity index is 449. The molecule has 1 rings (SSSR count). The molecule has 0 aromatic heterocycles. The molecule has 1 aromatic rings. The number of primary amides is 1. The molecule has 0 bridgehead atoms. The first kappa shape index (κ1) is 10.7. The molecule has 0 saturated heterocycles. The van der Waals surface area contributed by atoms with Crippen LogP contribution in [0.4, 0.5) is 0 Å². The van der Waals surface area contributed by atoms with Gasteiger partial charge in [-0.2, -0.15) is 5.26 Å². The first-order valence-electron chi connectivity index (χ1n) is 3.59. The van der Waals surface area contributed by atoms with E-state index in [1.165, 1.54) is 12.1 Å². The van der Waals surface area contributed by atoms with Crippen LogP contribution in [0.1, 0.15) is 26.3 Å². The zero-order valence-corrected chi connectivity index (χ0v) is 9.11. The van der Waals surface area contributed by atoms with Gasteiger partial charge in [0.2, 0.25) is 5.91 Å². The SMILES string of the molecule is N#Cc1ccc(C(N)=O)c(I)c1C=O. The van der Waals surface area contributed by atoms with E-state index in [4.69, 9.17) is 11.0 Å². The Kier molecular flexibility index (Phi) is 3.19. The van der Waals surface area contributed by atoms with Crippen LogP contribution >= 0.6 is 22.6 Å². The van der Waals surface area contributed by atoms with E-state index >= 15 is 0 Å². The highest BCUT2D eigenvalue weighted by atomic mass is 127. The Morgan fingerprint density at radius 2 is 2.21 bits per heavy atom. The summed E-state index contributed by atoms with van der Waals surface area (Å²) >= 11 is 1.82. The van der Waals surface area contributed by atoms with Crippen LogP contribution in [0.15, 0.2) is 12.1 Å². The van der Waals surface area contributed by atoms with Gasteiger partial charge in [0.1, 0.15) is 0 Å². The van der Waals surface area contributed by atoms with Crippen molar-refractivity contribution in [2.24, 2.45) is 5.73 Å². The van der Waals surface area contributed by atoms with E-state index in [2.05, 4.69) is 0 Å². The molecule has 1 amide bonds. The summed E-state index contributed by atoms with van der Waals surface area (Å²) in [5, 5.41) is 8.68. The van der Waals surface area contributed by atoms with E-state index in [1.807, 2.05) is 28.7 Å². The molecule has 14 heavy (non-hydrogen) atoms. The lowest BCUT2D eigenvalue weighted by Crippen LogP contribution is -2.14. The smallest absolute Gasteiger partial charge is 0.249 e. The quantitative estimate of drug-likeness (QED) is 0.655. The number of benzene rings is 1. The number of nitrogens with two attached hydrogens (primary N) is 1. The van der Waals surface area contributed by atoms with Crippen LogP contribution in [-0.2, 0) is 0 Å². The molecule has 70 valence electrons. The van der Waals surface area contributed by atoms with Gasteiger partial charge in [0.25, 0.3) is 0 Å². The summed E-state index contributed by atoms with van der Waals surface area (Å²) in [5.41, 5.74) is 5.80. The molecule has 0 aliphatic heterocycles. The molecule has 0 heterocycles. The largest absolute Gasteiger partial charge is 0.366 e. The highest BCUT2D eigenvalue weighted by Crippen LogP contribution is 2.19. The van der Waals surface area contributed by atoms with Crippen molar-refractivity contribution < 1.29 is 9.59 Å². The van der Waals surface area contributed by atoms with Gasteiger partial charge in [-0.3, -0.25) is 9.59 Å². The number of nitriles is 1. The molecule has 4 nitrogen and oxygen atoms in total.